The van der Waals surface area contributed by atoms with Crippen molar-refractivity contribution >= 4 is 0 Å². The van der Waals surface area contributed by atoms with Gasteiger partial charge in [0.25, 0.3) is 0 Å². The molecule has 1 aliphatic heterocycles. The molecule has 0 aromatic carbocycles. The number of hydrogen-bond donors (Lipinski definition) is 0. The van der Waals surface area contributed by atoms with E-state index in [1.54, 1.807) is 6.08 Å². The second-order valence-electron chi connectivity index (χ2n) is 2.72. The Balaban J connectivity index is 0.000000187. The van der Waals surface area contributed by atoms with Gasteiger partial charge in [-0.3, -0.25) is 0 Å². The molecule has 1 heteroatoms. The Hall–Kier alpha value is -0.820. The van der Waals surface area contributed by atoms with Gasteiger partial charge in [0, 0.05) is 0 Å². The minimum absolute atomic E-state index is 0.407. The van der Waals surface area contributed by atoms with E-state index in [2.05, 4.69) is 19.7 Å². The highest BCUT2D eigenvalue weighted by Crippen LogP contribution is 2.15. The van der Waals surface area contributed by atoms with Gasteiger partial charge in [0.2, 0.25) is 0 Å². The number of hydrogen-bond acceptors (Lipinski definition) is 1. The molecule has 11 heavy (non-hydrogen) atoms. The summed E-state index contributed by atoms with van der Waals surface area (Å²) in [5.41, 5.74) is 2.17. The molecule has 1 atom stereocenters. The first kappa shape index (κ1) is 10.2. The van der Waals surface area contributed by atoms with Crippen molar-refractivity contribution in [2.45, 2.75) is 20.0 Å². The first-order valence-corrected chi connectivity index (χ1v) is 3.63. The van der Waals surface area contributed by atoms with Gasteiger partial charge in [-0.05, 0) is 19.4 Å². The van der Waals surface area contributed by atoms with Crippen LogP contribution in [0.1, 0.15) is 13.8 Å². The zero-order valence-electron chi connectivity index (χ0n) is 7.39. The summed E-state index contributed by atoms with van der Waals surface area (Å²) in [6, 6.07) is 0. The monoisotopic (exact) mass is 152 g/mol. The molecule has 0 aromatic heterocycles. The number of epoxide rings is 1. The summed E-state index contributed by atoms with van der Waals surface area (Å²) >= 11 is 0. The van der Waals surface area contributed by atoms with Crippen molar-refractivity contribution in [3.63, 3.8) is 0 Å². The van der Waals surface area contributed by atoms with Gasteiger partial charge in [-0.25, -0.2) is 0 Å². The molecule has 62 valence electrons. The lowest BCUT2D eigenvalue weighted by Crippen LogP contribution is -1.80. The van der Waals surface area contributed by atoms with Crippen LogP contribution in [0.3, 0.4) is 0 Å². The van der Waals surface area contributed by atoms with Crippen LogP contribution in [-0.4, -0.2) is 12.7 Å². The van der Waals surface area contributed by atoms with Crippen LogP contribution in [0.5, 0.6) is 0 Å². The van der Waals surface area contributed by atoms with Crippen LogP contribution in [0.25, 0.3) is 0 Å². The van der Waals surface area contributed by atoms with Crippen LogP contribution in [-0.2, 0) is 4.74 Å². The Morgan fingerprint density at radius 1 is 1.45 bits per heavy atom. The summed E-state index contributed by atoms with van der Waals surface area (Å²) in [6.45, 7) is 15.5. The maximum atomic E-state index is 4.87. The molecule has 0 radical (unpaired) electrons. The Morgan fingerprint density at radius 3 is 1.82 bits per heavy atom. The SMILES string of the molecule is C=C(C)C1CO1.C=CC(=C)C. The summed E-state index contributed by atoms with van der Waals surface area (Å²) < 4.78 is 4.87. The molecule has 1 heterocycles. The molecule has 0 spiro atoms. The lowest BCUT2D eigenvalue weighted by molar-refractivity contribution is 0.432. The highest BCUT2D eigenvalue weighted by atomic mass is 16.6. The topological polar surface area (TPSA) is 12.5 Å². The largest absolute Gasteiger partial charge is 0.368 e. The third kappa shape index (κ3) is 7.07. The van der Waals surface area contributed by atoms with E-state index in [1.165, 1.54) is 0 Å². The molecule has 1 unspecified atom stereocenters. The fourth-order valence-electron chi connectivity index (χ4n) is 0.333. The molecular formula is C10H16O. The third-order valence-corrected chi connectivity index (χ3v) is 1.23. The predicted molar refractivity (Wildman–Crippen MR) is 49.6 cm³/mol. The average Bonchev–Trinajstić information content (AvgIpc) is 2.69. The second kappa shape index (κ2) is 4.91. The fraction of sp³-hybridized carbons (Fsp3) is 0.400. The molecule has 0 aromatic rings. The summed E-state index contributed by atoms with van der Waals surface area (Å²) in [7, 11) is 0. The lowest BCUT2D eigenvalue weighted by atomic mass is 10.3. The van der Waals surface area contributed by atoms with Crippen molar-refractivity contribution in [1.82, 2.24) is 0 Å². The van der Waals surface area contributed by atoms with Gasteiger partial charge in [0.05, 0.1) is 6.61 Å². The Bertz CT molecular complexity index is 164. The normalized spacial score (nSPS) is 19.3. The van der Waals surface area contributed by atoms with Gasteiger partial charge in [0.1, 0.15) is 6.10 Å². The van der Waals surface area contributed by atoms with Gasteiger partial charge in [-0.15, -0.1) is 0 Å². The van der Waals surface area contributed by atoms with E-state index in [4.69, 9.17) is 4.74 Å². The molecule has 1 saturated heterocycles. The zero-order valence-corrected chi connectivity index (χ0v) is 7.39. The maximum absolute atomic E-state index is 4.87. The molecule has 0 aliphatic carbocycles. The first-order valence-electron chi connectivity index (χ1n) is 3.63. The second-order valence-corrected chi connectivity index (χ2v) is 2.72. The Kier molecular flexibility index (Phi) is 4.55. The van der Waals surface area contributed by atoms with Crippen molar-refractivity contribution in [2.75, 3.05) is 6.61 Å². The van der Waals surface area contributed by atoms with E-state index in [0.717, 1.165) is 17.8 Å². The van der Waals surface area contributed by atoms with E-state index < -0.39 is 0 Å². The van der Waals surface area contributed by atoms with Crippen LogP contribution in [0.4, 0.5) is 0 Å². The van der Waals surface area contributed by atoms with Crippen LogP contribution in [0, 0.1) is 0 Å². The van der Waals surface area contributed by atoms with Gasteiger partial charge in [-0.2, -0.15) is 0 Å². The summed E-state index contributed by atoms with van der Waals surface area (Å²) in [4.78, 5) is 0. The number of ether oxygens (including phenoxy) is 1. The third-order valence-electron chi connectivity index (χ3n) is 1.23. The Labute approximate surface area is 69.1 Å². The van der Waals surface area contributed by atoms with E-state index in [0.29, 0.717) is 6.10 Å². The number of allylic oxidation sites excluding steroid dienone is 2. The molecule has 0 N–H and O–H groups in total. The van der Waals surface area contributed by atoms with Crippen molar-refractivity contribution in [3.8, 4) is 0 Å². The fourth-order valence-corrected chi connectivity index (χ4v) is 0.333. The number of rotatable bonds is 2. The summed E-state index contributed by atoms with van der Waals surface area (Å²) in [5.74, 6) is 0. The molecule has 0 amide bonds. The van der Waals surface area contributed by atoms with Crippen molar-refractivity contribution in [3.05, 3.63) is 37.0 Å². The van der Waals surface area contributed by atoms with Gasteiger partial charge in [-0.1, -0.05) is 31.4 Å². The van der Waals surface area contributed by atoms with Crippen LogP contribution >= 0.6 is 0 Å². The first-order chi connectivity index (χ1) is 5.07. The molecule has 1 nitrogen and oxygen atoms in total. The maximum Gasteiger partial charge on any atom is 0.101 e. The van der Waals surface area contributed by atoms with Gasteiger partial charge in [0.15, 0.2) is 0 Å². The van der Waals surface area contributed by atoms with Crippen LogP contribution in [0.2, 0.25) is 0 Å². The Morgan fingerprint density at radius 2 is 1.82 bits per heavy atom. The minimum atomic E-state index is 0.407. The van der Waals surface area contributed by atoms with Crippen molar-refractivity contribution in [1.29, 1.82) is 0 Å². The highest BCUT2D eigenvalue weighted by Gasteiger charge is 2.22. The van der Waals surface area contributed by atoms with Crippen molar-refractivity contribution < 1.29 is 4.74 Å². The standard InChI is InChI=1S/C5H8O.C5H8/c1-4(2)5-3-6-5;1-4-5(2)3/h5H,1,3H2,2H3;4H,1-2H2,3H3. The molecule has 0 bridgehead atoms. The van der Waals surface area contributed by atoms with E-state index in [9.17, 15) is 0 Å². The van der Waals surface area contributed by atoms with E-state index in [1.807, 2.05) is 13.8 Å². The highest BCUT2D eigenvalue weighted by molar-refractivity contribution is 5.06. The lowest BCUT2D eigenvalue weighted by Gasteiger charge is -1.80. The summed E-state index contributed by atoms with van der Waals surface area (Å²) in [6.07, 6.45) is 2.13. The average molecular weight is 152 g/mol. The van der Waals surface area contributed by atoms with E-state index >= 15 is 0 Å². The van der Waals surface area contributed by atoms with Crippen LogP contribution in [0.15, 0.2) is 37.0 Å². The molecule has 1 rings (SSSR count). The molecule has 0 saturated carbocycles. The van der Waals surface area contributed by atoms with Crippen LogP contribution < -0.4 is 0 Å². The van der Waals surface area contributed by atoms with Gasteiger partial charge < -0.3 is 4.74 Å². The molecule has 1 aliphatic rings. The molecular weight excluding hydrogens is 136 g/mol. The zero-order chi connectivity index (χ0) is 8.85. The van der Waals surface area contributed by atoms with E-state index in [-0.39, 0.29) is 0 Å². The summed E-state index contributed by atoms with van der Waals surface area (Å²) in [5, 5.41) is 0. The van der Waals surface area contributed by atoms with Crippen molar-refractivity contribution in [2.24, 2.45) is 0 Å². The quantitative estimate of drug-likeness (QED) is 0.337. The molecule has 1 fully saturated rings. The smallest absolute Gasteiger partial charge is 0.101 e. The minimum Gasteiger partial charge on any atom is -0.368 e. The van der Waals surface area contributed by atoms with Gasteiger partial charge >= 0.3 is 0 Å². The predicted octanol–water partition coefficient (Wildman–Crippen LogP) is 2.71.